The fourth-order valence-electron chi connectivity index (χ4n) is 2.20. The van der Waals surface area contributed by atoms with E-state index < -0.39 is 40.4 Å². The molecule has 2 aromatic carbocycles. The number of hydrogen-bond donors (Lipinski definition) is 2. The summed E-state index contributed by atoms with van der Waals surface area (Å²) in [5.41, 5.74) is 1.37. The molecule has 0 aliphatic carbocycles. The second kappa shape index (κ2) is 5.83. The van der Waals surface area contributed by atoms with Crippen LogP contribution in [0.2, 0.25) is 0 Å². The van der Waals surface area contributed by atoms with Crippen molar-refractivity contribution in [2.75, 3.05) is 0 Å². The van der Waals surface area contributed by atoms with Crippen LogP contribution in [0.5, 0.6) is 0 Å². The van der Waals surface area contributed by atoms with Gasteiger partial charge < -0.3 is 0 Å². The number of hydrazine groups is 1. The van der Waals surface area contributed by atoms with E-state index in [1.165, 1.54) is 26.0 Å². The van der Waals surface area contributed by atoms with Crippen LogP contribution < -0.4 is 11.3 Å². The van der Waals surface area contributed by atoms with Crippen molar-refractivity contribution in [2.24, 2.45) is 5.84 Å². The Bertz CT molecular complexity index is 628. The summed E-state index contributed by atoms with van der Waals surface area (Å²) in [5.74, 6) is 1.66. The summed E-state index contributed by atoms with van der Waals surface area (Å²) in [6.45, 7) is 2.85. The Balaban J connectivity index is 2.72. The lowest BCUT2D eigenvalue weighted by molar-refractivity contribution is 0.469. The van der Waals surface area contributed by atoms with Gasteiger partial charge in [0.15, 0.2) is 0 Å². The summed E-state index contributed by atoms with van der Waals surface area (Å²) in [6.07, 6.45) is 0. The number of benzene rings is 2. The standard InChI is InChI=1S/C15H14F4N2/c1-7-3-5-9(16)11(13(7)18)15(21-20)12-10(17)6-4-8(2)14(12)19/h3-6,15,21H,20H2,1-2H3. The average molecular weight is 298 g/mol. The molecular weight excluding hydrogens is 284 g/mol. The zero-order valence-corrected chi connectivity index (χ0v) is 11.5. The largest absolute Gasteiger partial charge is 0.271 e. The first-order chi connectivity index (χ1) is 9.88. The van der Waals surface area contributed by atoms with Crippen molar-refractivity contribution in [3.63, 3.8) is 0 Å². The number of nitrogens with two attached hydrogens (primary N) is 1. The minimum Gasteiger partial charge on any atom is -0.271 e. The van der Waals surface area contributed by atoms with E-state index >= 15 is 0 Å². The molecule has 0 aliphatic heterocycles. The summed E-state index contributed by atoms with van der Waals surface area (Å²) in [6, 6.07) is 3.08. The van der Waals surface area contributed by atoms with Crippen LogP contribution in [0.15, 0.2) is 24.3 Å². The molecule has 6 heteroatoms. The summed E-state index contributed by atoms with van der Waals surface area (Å²) < 4.78 is 56.2. The highest BCUT2D eigenvalue weighted by Gasteiger charge is 2.28. The zero-order chi connectivity index (χ0) is 15.7. The third-order valence-corrected chi connectivity index (χ3v) is 3.38. The molecule has 2 rings (SSSR count). The van der Waals surface area contributed by atoms with Crippen LogP contribution in [0.25, 0.3) is 0 Å². The molecule has 0 spiro atoms. The van der Waals surface area contributed by atoms with Crippen molar-refractivity contribution >= 4 is 0 Å². The lowest BCUT2D eigenvalue weighted by Crippen LogP contribution is -2.32. The Hall–Kier alpha value is -1.92. The van der Waals surface area contributed by atoms with Gasteiger partial charge in [0.25, 0.3) is 0 Å². The summed E-state index contributed by atoms with van der Waals surface area (Å²) >= 11 is 0. The van der Waals surface area contributed by atoms with Crippen molar-refractivity contribution in [1.29, 1.82) is 0 Å². The Morgan fingerprint density at radius 2 is 1.19 bits per heavy atom. The van der Waals surface area contributed by atoms with E-state index in [1.807, 2.05) is 0 Å². The SMILES string of the molecule is Cc1ccc(F)c(C(NN)c2c(F)ccc(C)c2F)c1F. The van der Waals surface area contributed by atoms with Crippen molar-refractivity contribution < 1.29 is 17.6 Å². The van der Waals surface area contributed by atoms with Gasteiger partial charge in [-0.05, 0) is 37.1 Å². The van der Waals surface area contributed by atoms with Gasteiger partial charge in [-0.15, -0.1) is 0 Å². The molecule has 21 heavy (non-hydrogen) atoms. The number of nitrogens with one attached hydrogen (secondary N) is 1. The van der Waals surface area contributed by atoms with Crippen LogP contribution in [0.4, 0.5) is 17.6 Å². The average Bonchev–Trinajstić information content (AvgIpc) is 2.45. The molecular formula is C15H14F4N2. The highest BCUT2D eigenvalue weighted by atomic mass is 19.1. The number of halogens is 4. The molecule has 0 heterocycles. The Morgan fingerprint density at radius 3 is 1.52 bits per heavy atom. The number of rotatable bonds is 3. The second-order valence-corrected chi connectivity index (χ2v) is 4.78. The van der Waals surface area contributed by atoms with Gasteiger partial charge in [-0.25, -0.2) is 23.0 Å². The summed E-state index contributed by atoms with van der Waals surface area (Å²) in [5, 5.41) is 0. The molecule has 0 aromatic heterocycles. The maximum absolute atomic E-state index is 14.2. The third kappa shape index (κ3) is 2.64. The van der Waals surface area contributed by atoms with Crippen LogP contribution in [0.3, 0.4) is 0 Å². The molecule has 0 aliphatic rings. The molecule has 3 N–H and O–H groups in total. The molecule has 112 valence electrons. The first-order valence-electron chi connectivity index (χ1n) is 6.23. The van der Waals surface area contributed by atoms with E-state index in [2.05, 4.69) is 5.43 Å². The first kappa shape index (κ1) is 15.5. The maximum atomic E-state index is 14.2. The van der Waals surface area contributed by atoms with Crippen LogP contribution in [0.1, 0.15) is 28.3 Å². The van der Waals surface area contributed by atoms with Crippen molar-refractivity contribution in [3.05, 3.63) is 69.8 Å². The molecule has 0 amide bonds. The number of hydrogen-bond acceptors (Lipinski definition) is 2. The fourth-order valence-corrected chi connectivity index (χ4v) is 2.20. The molecule has 0 fully saturated rings. The minimum atomic E-state index is -1.47. The van der Waals surface area contributed by atoms with E-state index in [1.54, 1.807) is 0 Å². The molecule has 2 aromatic rings. The van der Waals surface area contributed by atoms with Gasteiger partial charge in [0.1, 0.15) is 23.3 Å². The highest BCUT2D eigenvalue weighted by molar-refractivity contribution is 5.39. The lowest BCUT2D eigenvalue weighted by Gasteiger charge is -2.21. The molecule has 2 nitrogen and oxygen atoms in total. The predicted molar refractivity (Wildman–Crippen MR) is 71.4 cm³/mol. The summed E-state index contributed by atoms with van der Waals surface area (Å²) in [4.78, 5) is 0. The van der Waals surface area contributed by atoms with Gasteiger partial charge in [0.2, 0.25) is 0 Å². The van der Waals surface area contributed by atoms with Crippen LogP contribution in [0, 0.1) is 37.1 Å². The van der Waals surface area contributed by atoms with Crippen molar-refractivity contribution in [1.82, 2.24) is 5.43 Å². The van der Waals surface area contributed by atoms with Gasteiger partial charge in [0.05, 0.1) is 6.04 Å². The van der Waals surface area contributed by atoms with E-state index in [0.717, 1.165) is 12.1 Å². The monoisotopic (exact) mass is 298 g/mol. The normalized spacial score (nSPS) is 11.2. The van der Waals surface area contributed by atoms with Crippen LogP contribution in [-0.2, 0) is 0 Å². The fraction of sp³-hybridized carbons (Fsp3) is 0.200. The van der Waals surface area contributed by atoms with Gasteiger partial charge >= 0.3 is 0 Å². The van der Waals surface area contributed by atoms with Gasteiger partial charge in [0, 0.05) is 11.1 Å². The molecule has 0 unspecified atom stereocenters. The van der Waals surface area contributed by atoms with E-state index in [9.17, 15) is 17.6 Å². The molecule has 0 bridgehead atoms. The molecule has 0 saturated heterocycles. The summed E-state index contributed by atoms with van der Waals surface area (Å²) in [7, 11) is 0. The van der Waals surface area contributed by atoms with Gasteiger partial charge in [-0.3, -0.25) is 5.84 Å². The van der Waals surface area contributed by atoms with E-state index in [-0.39, 0.29) is 11.1 Å². The van der Waals surface area contributed by atoms with Gasteiger partial charge in [-0.2, -0.15) is 0 Å². The quantitative estimate of drug-likeness (QED) is 0.518. The van der Waals surface area contributed by atoms with Crippen LogP contribution >= 0.6 is 0 Å². The lowest BCUT2D eigenvalue weighted by atomic mass is 9.94. The second-order valence-electron chi connectivity index (χ2n) is 4.78. The Morgan fingerprint density at radius 1 is 0.810 bits per heavy atom. The van der Waals surface area contributed by atoms with E-state index in [0.29, 0.717) is 0 Å². The minimum absolute atomic E-state index is 0.153. The molecule has 0 atom stereocenters. The maximum Gasteiger partial charge on any atom is 0.134 e. The van der Waals surface area contributed by atoms with Crippen molar-refractivity contribution in [3.8, 4) is 0 Å². The molecule has 0 saturated carbocycles. The predicted octanol–water partition coefficient (Wildman–Crippen LogP) is 3.41. The molecule has 0 radical (unpaired) electrons. The highest BCUT2D eigenvalue weighted by Crippen LogP contribution is 2.32. The third-order valence-electron chi connectivity index (χ3n) is 3.38. The van der Waals surface area contributed by atoms with Crippen molar-refractivity contribution in [2.45, 2.75) is 19.9 Å². The smallest absolute Gasteiger partial charge is 0.134 e. The zero-order valence-electron chi connectivity index (χ0n) is 11.5. The first-order valence-corrected chi connectivity index (χ1v) is 6.23. The topological polar surface area (TPSA) is 38.0 Å². The Labute approximate surface area is 119 Å². The number of aryl methyl sites for hydroxylation is 2. The van der Waals surface area contributed by atoms with Crippen LogP contribution in [-0.4, -0.2) is 0 Å². The van der Waals surface area contributed by atoms with E-state index in [4.69, 9.17) is 5.84 Å². The Kier molecular flexibility index (Phi) is 4.29. The van der Waals surface area contributed by atoms with Gasteiger partial charge in [-0.1, -0.05) is 12.1 Å².